The van der Waals surface area contributed by atoms with Crippen molar-refractivity contribution in [3.63, 3.8) is 0 Å². The normalized spacial score (nSPS) is 13.0. The van der Waals surface area contributed by atoms with E-state index in [1.807, 2.05) is 13.2 Å². The Bertz CT molecular complexity index is 222. The lowest BCUT2D eigenvalue weighted by atomic mass is 10.3. The molecule has 4 heteroatoms. The van der Waals surface area contributed by atoms with Crippen molar-refractivity contribution in [1.29, 1.82) is 0 Å². The van der Waals surface area contributed by atoms with Crippen molar-refractivity contribution in [3.05, 3.63) is 18.0 Å². The number of hydrogen-bond donors (Lipinski definition) is 0. The van der Waals surface area contributed by atoms with Gasteiger partial charge in [-0.25, -0.2) is 9.97 Å². The van der Waals surface area contributed by atoms with Crippen LogP contribution in [0.3, 0.4) is 0 Å². The van der Waals surface area contributed by atoms with E-state index >= 15 is 0 Å². The molecule has 1 unspecified atom stereocenters. The van der Waals surface area contributed by atoms with Crippen LogP contribution in [0.15, 0.2) is 17.6 Å². The Kier molecular flexibility index (Phi) is 3.15. The van der Waals surface area contributed by atoms with Crippen LogP contribution < -0.4 is 0 Å². The van der Waals surface area contributed by atoms with Crippen molar-refractivity contribution in [2.24, 2.45) is 0 Å². The lowest BCUT2D eigenvalue weighted by Gasteiger charge is -2.01. The second-order valence-corrected chi connectivity index (χ2v) is 3.55. The van der Waals surface area contributed by atoms with Crippen LogP contribution in [-0.4, -0.2) is 16.2 Å². The summed E-state index contributed by atoms with van der Waals surface area (Å²) in [5, 5.41) is 0.775. The van der Waals surface area contributed by atoms with Crippen LogP contribution in [0.4, 0.5) is 0 Å². The average Bonchev–Trinajstić information content (AvgIpc) is 2.05. The van der Waals surface area contributed by atoms with Gasteiger partial charge in [-0.3, -0.25) is 0 Å². The third-order valence-corrected chi connectivity index (χ3v) is 2.12. The minimum absolute atomic E-state index is 0.00842. The molecular formula is C7H9ClN2S. The fourth-order valence-corrected chi connectivity index (χ4v) is 1.07. The first-order valence-electron chi connectivity index (χ1n) is 3.24. The molecule has 0 aliphatic heterocycles. The van der Waals surface area contributed by atoms with Gasteiger partial charge in [0, 0.05) is 18.0 Å². The van der Waals surface area contributed by atoms with Gasteiger partial charge in [0.2, 0.25) is 0 Å². The van der Waals surface area contributed by atoms with Crippen molar-refractivity contribution in [2.75, 3.05) is 6.26 Å². The first-order valence-corrected chi connectivity index (χ1v) is 4.90. The van der Waals surface area contributed by atoms with Crippen molar-refractivity contribution in [2.45, 2.75) is 17.5 Å². The van der Waals surface area contributed by atoms with Crippen molar-refractivity contribution in [3.8, 4) is 0 Å². The summed E-state index contributed by atoms with van der Waals surface area (Å²) >= 11 is 7.34. The Balaban J connectivity index is 2.83. The molecule has 0 saturated heterocycles. The second kappa shape index (κ2) is 3.93. The van der Waals surface area contributed by atoms with Crippen molar-refractivity contribution in [1.82, 2.24) is 9.97 Å². The standard InChI is InChI=1S/C7H9ClN2S/c1-5(8)6-3-9-7(11-2)10-4-6/h3-5H,1-2H3. The van der Waals surface area contributed by atoms with Gasteiger partial charge in [0.05, 0.1) is 5.38 Å². The highest BCUT2D eigenvalue weighted by Gasteiger charge is 2.01. The van der Waals surface area contributed by atoms with E-state index < -0.39 is 0 Å². The molecule has 0 N–H and O–H groups in total. The van der Waals surface area contributed by atoms with Gasteiger partial charge in [0.1, 0.15) is 0 Å². The lowest BCUT2D eigenvalue weighted by molar-refractivity contribution is 0.916. The lowest BCUT2D eigenvalue weighted by Crippen LogP contribution is -1.90. The maximum absolute atomic E-state index is 5.81. The predicted octanol–water partition coefficient (Wildman–Crippen LogP) is 2.50. The number of thioether (sulfide) groups is 1. The van der Waals surface area contributed by atoms with Gasteiger partial charge in [-0.2, -0.15) is 0 Å². The smallest absolute Gasteiger partial charge is 0.187 e. The number of aromatic nitrogens is 2. The van der Waals surface area contributed by atoms with E-state index in [1.54, 1.807) is 12.4 Å². The summed E-state index contributed by atoms with van der Waals surface area (Å²) in [6, 6.07) is 0. The SMILES string of the molecule is CSc1ncc(C(C)Cl)cn1. The second-order valence-electron chi connectivity index (χ2n) is 2.12. The molecule has 2 nitrogen and oxygen atoms in total. The maximum atomic E-state index is 5.81. The molecule has 0 amide bonds. The van der Waals surface area contributed by atoms with Gasteiger partial charge < -0.3 is 0 Å². The van der Waals surface area contributed by atoms with Crippen LogP contribution in [0.25, 0.3) is 0 Å². The molecule has 1 atom stereocenters. The summed E-state index contributed by atoms with van der Waals surface area (Å²) in [6.07, 6.45) is 5.46. The molecule has 1 aromatic heterocycles. The highest BCUT2D eigenvalue weighted by molar-refractivity contribution is 7.98. The number of rotatable bonds is 2. The topological polar surface area (TPSA) is 25.8 Å². The summed E-state index contributed by atoms with van der Waals surface area (Å²) in [5.41, 5.74) is 0.962. The number of alkyl halides is 1. The first kappa shape index (κ1) is 8.81. The third kappa shape index (κ3) is 2.34. The Labute approximate surface area is 75.4 Å². The summed E-state index contributed by atoms with van der Waals surface area (Å²) < 4.78 is 0. The molecule has 11 heavy (non-hydrogen) atoms. The molecule has 0 radical (unpaired) electrons. The molecule has 1 rings (SSSR count). The van der Waals surface area contributed by atoms with Crippen LogP contribution in [0.5, 0.6) is 0 Å². The third-order valence-electron chi connectivity index (χ3n) is 1.29. The Morgan fingerprint density at radius 2 is 2.00 bits per heavy atom. The first-order chi connectivity index (χ1) is 5.24. The quantitative estimate of drug-likeness (QED) is 0.405. The predicted molar refractivity (Wildman–Crippen MR) is 48.1 cm³/mol. The molecule has 0 spiro atoms. The number of halogens is 1. The summed E-state index contributed by atoms with van der Waals surface area (Å²) in [4.78, 5) is 8.17. The van der Waals surface area contributed by atoms with Gasteiger partial charge in [0.25, 0.3) is 0 Å². The fourth-order valence-electron chi connectivity index (χ4n) is 0.637. The highest BCUT2D eigenvalue weighted by atomic mass is 35.5. The van der Waals surface area contributed by atoms with Crippen LogP contribution >= 0.6 is 23.4 Å². The van der Waals surface area contributed by atoms with E-state index in [9.17, 15) is 0 Å². The minimum Gasteiger partial charge on any atom is -0.231 e. The van der Waals surface area contributed by atoms with E-state index in [2.05, 4.69) is 9.97 Å². The Morgan fingerprint density at radius 3 is 2.36 bits per heavy atom. The molecule has 0 aromatic carbocycles. The van der Waals surface area contributed by atoms with E-state index in [0.29, 0.717) is 0 Å². The van der Waals surface area contributed by atoms with E-state index in [-0.39, 0.29) is 5.38 Å². The molecule has 1 heterocycles. The zero-order chi connectivity index (χ0) is 8.27. The highest BCUT2D eigenvalue weighted by Crippen LogP contribution is 2.18. The van der Waals surface area contributed by atoms with Gasteiger partial charge >= 0.3 is 0 Å². The fraction of sp³-hybridized carbons (Fsp3) is 0.429. The van der Waals surface area contributed by atoms with Crippen LogP contribution in [0, 0.1) is 0 Å². The van der Waals surface area contributed by atoms with Crippen LogP contribution in [-0.2, 0) is 0 Å². The van der Waals surface area contributed by atoms with Gasteiger partial charge in [-0.15, -0.1) is 11.6 Å². The van der Waals surface area contributed by atoms with Crippen molar-refractivity contribution >= 4 is 23.4 Å². The summed E-state index contributed by atoms with van der Waals surface area (Å²) in [7, 11) is 0. The van der Waals surface area contributed by atoms with Gasteiger partial charge in [-0.05, 0) is 13.2 Å². The average molecular weight is 189 g/mol. The molecule has 0 aliphatic carbocycles. The summed E-state index contributed by atoms with van der Waals surface area (Å²) in [6.45, 7) is 1.90. The molecule has 0 bridgehead atoms. The summed E-state index contributed by atoms with van der Waals surface area (Å²) in [5.74, 6) is 0. The monoisotopic (exact) mass is 188 g/mol. The van der Waals surface area contributed by atoms with Gasteiger partial charge in [-0.1, -0.05) is 11.8 Å². The maximum Gasteiger partial charge on any atom is 0.187 e. The zero-order valence-corrected chi connectivity index (χ0v) is 7.99. The van der Waals surface area contributed by atoms with Crippen molar-refractivity contribution < 1.29 is 0 Å². The molecule has 0 saturated carbocycles. The molecular weight excluding hydrogens is 180 g/mol. The zero-order valence-electron chi connectivity index (χ0n) is 6.41. The van der Waals surface area contributed by atoms with Crippen LogP contribution in [0.2, 0.25) is 0 Å². The van der Waals surface area contributed by atoms with E-state index in [1.165, 1.54) is 11.8 Å². The van der Waals surface area contributed by atoms with E-state index in [0.717, 1.165) is 10.7 Å². The van der Waals surface area contributed by atoms with Gasteiger partial charge in [0.15, 0.2) is 5.16 Å². The Morgan fingerprint density at radius 1 is 1.45 bits per heavy atom. The molecule has 1 aromatic rings. The number of hydrogen-bond acceptors (Lipinski definition) is 3. The minimum atomic E-state index is -0.00842. The van der Waals surface area contributed by atoms with E-state index in [4.69, 9.17) is 11.6 Å². The largest absolute Gasteiger partial charge is 0.231 e. The molecule has 0 fully saturated rings. The number of nitrogens with zero attached hydrogens (tertiary/aromatic N) is 2. The molecule has 0 aliphatic rings. The van der Waals surface area contributed by atoms with Crippen LogP contribution in [0.1, 0.15) is 17.9 Å². The molecule has 60 valence electrons. The Hall–Kier alpha value is -0.280.